The van der Waals surface area contributed by atoms with Crippen LogP contribution in [0, 0.1) is 0 Å². The van der Waals surface area contributed by atoms with E-state index >= 15 is 0 Å². The van der Waals surface area contributed by atoms with Crippen LogP contribution >= 0.6 is 0 Å². The molecule has 0 atom stereocenters. The van der Waals surface area contributed by atoms with Gasteiger partial charge in [0.1, 0.15) is 23.9 Å². The summed E-state index contributed by atoms with van der Waals surface area (Å²) in [5.41, 5.74) is 1.14. The lowest BCUT2D eigenvalue weighted by Gasteiger charge is -2.14. The van der Waals surface area contributed by atoms with Crippen molar-refractivity contribution < 1.29 is 9.47 Å². The Balaban J connectivity index is 1.73. The van der Waals surface area contributed by atoms with Crippen molar-refractivity contribution in [3.8, 4) is 11.5 Å². The quantitative estimate of drug-likeness (QED) is 0.427. The van der Waals surface area contributed by atoms with Gasteiger partial charge in [-0.3, -0.25) is 4.99 Å². The van der Waals surface area contributed by atoms with Crippen molar-refractivity contribution in [2.75, 3.05) is 46.3 Å². The van der Waals surface area contributed by atoms with Gasteiger partial charge in [0.2, 0.25) is 0 Å². The van der Waals surface area contributed by atoms with Gasteiger partial charge in [-0.1, -0.05) is 0 Å². The number of nitrogens with zero attached hydrogens (tertiary/aromatic N) is 3. The highest BCUT2D eigenvalue weighted by molar-refractivity contribution is 5.79. The van der Waals surface area contributed by atoms with Crippen LogP contribution in [0.15, 0.2) is 47.6 Å². The molecule has 0 bridgehead atoms. The molecule has 2 N–H and O–H groups in total. The number of ether oxygens (including phenoxy) is 2. The van der Waals surface area contributed by atoms with E-state index in [4.69, 9.17) is 9.47 Å². The maximum atomic E-state index is 5.69. The number of hydrogen-bond donors (Lipinski definition) is 2. The zero-order chi connectivity index (χ0) is 18.8. The van der Waals surface area contributed by atoms with Crippen LogP contribution in [0.1, 0.15) is 5.56 Å². The van der Waals surface area contributed by atoms with E-state index in [9.17, 15) is 0 Å². The molecule has 0 spiro atoms. The molecule has 0 amide bonds. The highest BCUT2D eigenvalue weighted by Gasteiger charge is 2.02. The van der Waals surface area contributed by atoms with Gasteiger partial charge < -0.3 is 25.0 Å². The van der Waals surface area contributed by atoms with Gasteiger partial charge in [0.15, 0.2) is 5.96 Å². The first-order valence-electron chi connectivity index (χ1n) is 8.46. The van der Waals surface area contributed by atoms with Gasteiger partial charge in [-0.15, -0.1) is 0 Å². The van der Waals surface area contributed by atoms with Gasteiger partial charge >= 0.3 is 0 Å². The van der Waals surface area contributed by atoms with Crippen LogP contribution in [0.25, 0.3) is 0 Å². The maximum absolute atomic E-state index is 5.69. The monoisotopic (exact) mass is 357 g/mol. The average molecular weight is 357 g/mol. The van der Waals surface area contributed by atoms with Gasteiger partial charge in [0, 0.05) is 33.9 Å². The van der Waals surface area contributed by atoms with E-state index in [-0.39, 0.29) is 0 Å². The van der Waals surface area contributed by atoms with E-state index in [2.05, 4.69) is 20.6 Å². The SMILES string of the molecule is CN=C(NCCOc1ccc(OC)cc1)NCc1ccnc(N(C)C)c1. The third kappa shape index (κ3) is 6.16. The summed E-state index contributed by atoms with van der Waals surface area (Å²) in [5, 5.41) is 6.52. The minimum atomic E-state index is 0.535. The fraction of sp³-hybridized carbons (Fsp3) is 0.368. The molecule has 0 aliphatic heterocycles. The van der Waals surface area contributed by atoms with E-state index in [1.165, 1.54) is 0 Å². The minimum Gasteiger partial charge on any atom is -0.497 e. The van der Waals surface area contributed by atoms with Crippen LogP contribution in [0.3, 0.4) is 0 Å². The van der Waals surface area contributed by atoms with Crippen LogP contribution in [-0.2, 0) is 6.54 Å². The zero-order valence-corrected chi connectivity index (χ0v) is 15.8. The molecule has 2 aromatic rings. The van der Waals surface area contributed by atoms with Crippen LogP contribution in [0.4, 0.5) is 5.82 Å². The van der Waals surface area contributed by atoms with E-state index in [1.807, 2.05) is 61.6 Å². The Morgan fingerprint density at radius 3 is 2.50 bits per heavy atom. The van der Waals surface area contributed by atoms with Gasteiger partial charge in [0.05, 0.1) is 13.7 Å². The van der Waals surface area contributed by atoms with E-state index < -0.39 is 0 Å². The van der Waals surface area contributed by atoms with E-state index in [0.29, 0.717) is 19.7 Å². The van der Waals surface area contributed by atoms with E-state index in [0.717, 1.165) is 28.8 Å². The maximum Gasteiger partial charge on any atom is 0.191 e. The molecule has 0 unspecified atom stereocenters. The number of aromatic nitrogens is 1. The second kappa shape index (κ2) is 10.1. The number of benzene rings is 1. The summed E-state index contributed by atoms with van der Waals surface area (Å²) in [4.78, 5) is 10.5. The molecule has 7 heteroatoms. The molecule has 0 fully saturated rings. The van der Waals surface area contributed by atoms with Crippen molar-refractivity contribution in [1.82, 2.24) is 15.6 Å². The third-order valence-corrected chi connectivity index (χ3v) is 3.67. The Morgan fingerprint density at radius 1 is 1.12 bits per heavy atom. The second-order valence-corrected chi connectivity index (χ2v) is 5.79. The Hall–Kier alpha value is -2.96. The fourth-order valence-electron chi connectivity index (χ4n) is 2.23. The highest BCUT2D eigenvalue weighted by Crippen LogP contribution is 2.16. The smallest absolute Gasteiger partial charge is 0.191 e. The van der Waals surface area contributed by atoms with Crippen LogP contribution in [-0.4, -0.2) is 52.3 Å². The Bertz CT molecular complexity index is 701. The molecule has 1 aromatic heterocycles. The molecule has 0 saturated heterocycles. The van der Waals surface area contributed by atoms with Crippen molar-refractivity contribution in [3.05, 3.63) is 48.2 Å². The minimum absolute atomic E-state index is 0.535. The molecule has 0 saturated carbocycles. The molecular formula is C19H27N5O2. The Labute approximate surface area is 155 Å². The number of nitrogens with one attached hydrogen (secondary N) is 2. The summed E-state index contributed by atoms with van der Waals surface area (Å²) >= 11 is 0. The normalized spacial score (nSPS) is 11.0. The van der Waals surface area contributed by atoms with E-state index in [1.54, 1.807) is 14.2 Å². The second-order valence-electron chi connectivity index (χ2n) is 5.79. The summed E-state index contributed by atoms with van der Waals surface area (Å²) in [6.07, 6.45) is 1.81. The molecule has 0 radical (unpaired) electrons. The number of rotatable bonds is 8. The lowest BCUT2D eigenvalue weighted by molar-refractivity contribution is 0.321. The first-order valence-corrected chi connectivity index (χ1v) is 8.46. The predicted molar refractivity (Wildman–Crippen MR) is 105 cm³/mol. The number of anilines is 1. The van der Waals surface area contributed by atoms with Crippen LogP contribution in [0.5, 0.6) is 11.5 Å². The third-order valence-electron chi connectivity index (χ3n) is 3.67. The molecule has 0 aliphatic carbocycles. The van der Waals surface area contributed by atoms with Gasteiger partial charge in [0.25, 0.3) is 0 Å². The zero-order valence-electron chi connectivity index (χ0n) is 15.8. The van der Waals surface area contributed by atoms with Crippen molar-refractivity contribution >= 4 is 11.8 Å². The summed E-state index contributed by atoms with van der Waals surface area (Å²) < 4.78 is 10.8. The summed E-state index contributed by atoms with van der Waals surface area (Å²) in [7, 11) is 7.34. The first kappa shape index (κ1) is 19.4. The molecule has 0 aliphatic rings. The standard InChI is InChI=1S/C19H27N5O2/c1-20-19(23-14-15-9-10-21-18(13-15)24(2)3)22-11-12-26-17-7-5-16(25-4)6-8-17/h5-10,13H,11-12,14H2,1-4H3,(H2,20,22,23). The number of aliphatic imine (C=N–C) groups is 1. The summed E-state index contributed by atoms with van der Waals surface area (Å²) in [6.45, 7) is 1.85. The largest absolute Gasteiger partial charge is 0.497 e. The molecule has 140 valence electrons. The fourth-order valence-corrected chi connectivity index (χ4v) is 2.23. The van der Waals surface area contributed by atoms with Gasteiger partial charge in [-0.05, 0) is 42.0 Å². The highest BCUT2D eigenvalue weighted by atomic mass is 16.5. The summed E-state index contributed by atoms with van der Waals surface area (Å²) in [6, 6.07) is 11.6. The van der Waals surface area contributed by atoms with Gasteiger partial charge in [-0.25, -0.2) is 4.98 Å². The summed E-state index contributed by atoms with van der Waals surface area (Å²) in [5.74, 6) is 3.28. The number of pyridine rings is 1. The molecule has 7 nitrogen and oxygen atoms in total. The van der Waals surface area contributed by atoms with Crippen molar-refractivity contribution in [2.24, 2.45) is 4.99 Å². The molecule has 2 rings (SSSR count). The number of hydrogen-bond acceptors (Lipinski definition) is 5. The molecule has 26 heavy (non-hydrogen) atoms. The number of guanidine groups is 1. The average Bonchev–Trinajstić information content (AvgIpc) is 2.68. The van der Waals surface area contributed by atoms with Gasteiger partial charge in [-0.2, -0.15) is 0 Å². The Kier molecular flexibility index (Phi) is 7.54. The molecule has 1 heterocycles. The molecule has 1 aromatic carbocycles. The van der Waals surface area contributed by atoms with Crippen molar-refractivity contribution in [1.29, 1.82) is 0 Å². The lowest BCUT2D eigenvalue weighted by atomic mass is 10.2. The number of methoxy groups -OCH3 is 1. The van der Waals surface area contributed by atoms with Crippen LogP contribution in [0.2, 0.25) is 0 Å². The topological polar surface area (TPSA) is 71.0 Å². The van der Waals surface area contributed by atoms with Crippen LogP contribution < -0.4 is 25.0 Å². The van der Waals surface area contributed by atoms with Crippen molar-refractivity contribution in [2.45, 2.75) is 6.54 Å². The predicted octanol–water partition coefficient (Wildman–Crippen LogP) is 1.90. The Morgan fingerprint density at radius 2 is 1.85 bits per heavy atom. The van der Waals surface area contributed by atoms with Crippen molar-refractivity contribution in [3.63, 3.8) is 0 Å². The first-order chi connectivity index (χ1) is 12.6. The molecular weight excluding hydrogens is 330 g/mol. The lowest BCUT2D eigenvalue weighted by Crippen LogP contribution is -2.38.